The molecular weight excluding hydrogens is 373 g/mol. The third-order valence-corrected chi connectivity index (χ3v) is 5.38. The van der Waals surface area contributed by atoms with Crippen molar-refractivity contribution in [1.29, 1.82) is 0 Å². The zero-order valence-corrected chi connectivity index (χ0v) is 16.0. The first kappa shape index (κ1) is 19.1. The van der Waals surface area contributed by atoms with Crippen LogP contribution in [-0.2, 0) is 17.6 Å². The van der Waals surface area contributed by atoms with E-state index in [4.69, 9.17) is 23.2 Å². The van der Waals surface area contributed by atoms with Crippen molar-refractivity contribution in [2.75, 3.05) is 13.1 Å². The molecule has 1 aromatic carbocycles. The van der Waals surface area contributed by atoms with Gasteiger partial charge in [-0.3, -0.25) is 4.79 Å². The Morgan fingerprint density at radius 1 is 1.31 bits per heavy atom. The van der Waals surface area contributed by atoms with Crippen molar-refractivity contribution in [3.63, 3.8) is 0 Å². The number of fused-ring (bicyclic) bond motifs is 1. The standard InChI is InChI=1S/C19H21Cl2N3O2/c1-2-6-24(11-18(25)17-4-3-5-22-23-17)19(26)14-7-12-9-15(20)16(21)10-13(12)8-14/h3-5,9-10,14,18,25H,2,6-8,11H2,1H3. The number of aromatic nitrogens is 2. The van der Waals surface area contributed by atoms with E-state index < -0.39 is 6.10 Å². The average molecular weight is 394 g/mol. The van der Waals surface area contributed by atoms with Crippen LogP contribution in [0.2, 0.25) is 10.0 Å². The van der Waals surface area contributed by atoms with Crippen molar-refractivity contribution in [3.8, 4) is 0 Å². The molecule has 3 rings (SSSR count). The van der Waals surface area contributed by atoms with E-state index in [1.54, 1.807) is 23.2 Å². The summed E-state index contributed by atoms with van der Waals surface area (Å²) >= 11 is 12.2. The highest BCUT2D eigenvalue weighted by Gasteiger charge is 2.32. The summed E-state index contributed by atoms with van der Waals surface area (Å²) < 4.78 is 0. The molecule has 0 saturated heterocycles. The molecule has 7 heteroatoms. The zero-order chi connectivity index (χ0) is 18.7. The van der Waals surface area contributed by atoms with E-state index in [9.17, 15) is 9.90 Å². The van der Waals surface area contributed by atoms with E-state index in [1.807, 2.05) is 19.1 Å². The molecule has 1 amide bonds. The highest BCUT2D eigenvalue weighted by Crippen LogP contribution is 2.34. The van der Waals surface area contributed by atoms with Crippen LogP contribution in [0.1, 0.15) is 36.3 Å². The van der Waals surface area contributed by atoms with Gasteiger partial charge in [0.1, 0.15) is 6.10 Å². The number of nitrogens with zero attached hydrogens (tertiary/aromatic N) is 3. The molecular formula is C19H21Cl2N3O2. The highest BCUT2D eigenvalue weighted by atomic mass is 35.5. The van der Waals surface area contributed by atoms with Gasteiger partial charge in [0.15, 0.2) is 0 Å². The number of carbonyl (C=O) groups is 1. The van der Waals surface area contributed by atoms with Crippen molar-refractivity contribution in [3.05, 3.63) is 57.3 Å². The number of hydrogen-bond acceptors (Lipinski definition) is 4. The number of aliphatic hydroxyl groups is 1. The minimum absolute atomic E-state index is 0.0400. The van der Waals surface area contributed by atoms with E-state index in [0.29, 0.717) is 35.1 Å². The van der Waals surface area contributed by atoms with Gasteiger partial charge in [-0.2, -0.15) is 10.2 Å². The molecule has 138 valence electrons. The Morgan fingerprint density at radius 3 is 2.50 bits per heavy atom. The fourth-order valence-corrected chi connectivity index (χ4v) is 3.77. The molecule has 1 unspecified atom stereocenters. The van der Waals surface area contributed by atoms with E-state index in [-0.39, 0.29) is 18.4 Å². The average Bonchev–Trinajstić information content (AvgIpc) is 3.04. The van der Waals surface area contributed by atoms with Crippen molar-refractivity contribution in [1.82, 2.24) is 15.1 Å². The van der Waals surface area contributed by atoms with Crippen LogP contribution in [0.3, 0.4) is 0 Å². The second-order valence-electron chi connectivity index (χ2n) is 6.59. The number of benzene rings is 1. The molecule has 0 spiro atoms. The molecule has 0 fully saturated rings. The summed E-state index contributed by atoms with van der Waals surface area (Å²) in [5, 5.41) is 19.2. The predicted molar refractivity (Wildman–Crippen MR) is 101 cm³/mol. The minimum atomic E-state index is -0.855. The van der Waals surface area contributed by atoms with Gasteiger partial charge in [-0.1, -0.05) is 30.1 Å². The van der Waals surface area contributed by atoms with Crippen LogP contribution in [0.4, 0.5) is 0 Å². The highest BCUT2D eigenvalue weighted by molar-refractivity contribution is 6.42. The summed E-state index contributed by atoms with van der Waals surface area (Å²) in [4.78, 5) is 14.8. The summed E-state index contributed by atoms with van der Waals surface area (Å²) in [6.45, 7) is 2.81. The second-order valence-corrected chi connectivity index (χ2v) is 7.40. The monoisotopic (exact) mass is 393 g/mol. The van der Waals surface area contributed by atoms with Crippen molar-refractivity contribution in [2.24, 2.45) is 5.92 Å². The second kappa shape index (κ2) is 8.33. The maximum Gasteiger partial charge on any atom is 0.226 e. The fraction of sp³-hybridized carbons (Fsp3) is 0.421. The quantitative estimate of drug-likeness (QED) is 0.815. The first-order valence-corrected chi connectivity index (χ1v) is 9.46. The molecule has 1 heterocycles. The number of carbonyl (C=O) groups excluding carboxylic acids is 1. The first-order valence-electron chi connectivity index (χ1n) is 8.70. The zero-order valence-electron chi connectivity index (χ0n) is 14.5. The van der Waals surface area contributed by atoms with Gasteiger partial charge in [0.25, 0.3) is 0 Å². The smallest absolute Gasteiger partial charge is 0.226 e. The summed E-state index contributed by atoms with van der Waals surface area (Å²) in [5.74, 6) is -0.113. The molecule has 0 saturated carbocycles. The van der Waals surface area contributed by atoms with E-state index >= 15 is 0 Å². The summed E-state index contributed by atoms with van der Waals surface area (Å²) in [6.07, 6.45) is 2.80. The summed E-state index contributed by atoms with van der Waals surface area (Å²) in [6, 6.07) is 7.14. The van der Waals surface area contributed by atoms with E-state index in [0.717, 1.165) is 17.5 Å². The largest absolute Gasteiger partial charge is 0.385 e. The van der Waals surface area contributed by atoms with Gasteiger partial charge in [-0.15, -0.1) is 0 Å². The molecule has 1 atom stereocenters. The Kier molecular flexibility index (Phi) is 6.12. The van der Waals surface area contributed by atoms with Crippen LogP contribution in [0.5, 0.6) is 0 Å². The van der Waals surface area contributed by atoms with Crippen LogP contribution in [0, 0.1) is 5.92 Å². The fourth-order valence-electron chi connectivity index (χ4n) is 3.40. The van der Waals surface area contributed by atoms with Crippen LogP contribution < -0.4 is 0 Å². The third-order valence-electron chi connectivity index (χ3n) is 4.66. The Morgan fingerprint density at radius 2 is 1.96 bits per heavy atom. The van der Waals surface area contributed by atoms with Crippen molar-refractivity contribution < 1.29 is 9.90 Å². The molecule has 1 aliphatic carbocycles. The Bertz CT molecular complexity index is 755. The lowest BCUT2D eigenvalue weighted by Crippen LogP contribution is -2.40. The van der Waals surface area contributed by atoms with E-state index in [1.165, 1.54) is 0 Å². The molecule has 5 nitrogen and oxygen atoms in total. The molecule has 2 aromatic rings. The predicted octanol–water partition coefficient (Wildman–Crippen LogP) is 3.47. The van der Waals surface area contributed by atoms with E-state index in [2.05, 4.69) is 10.2 Å². The Hall–Kier alpha value is -1.69. The lowest BCUT2D eigenvalue weighted by Gasteiger charge is -2.27. The van der Waals surface area contributed by atoms with Gasteiger partial charge in [-0.25, -0.2) is 0 Å². The van der Waals surface area contributed by atoms with Crippen molar-refractivity contribution >= 4 is 29.1 Å². The van der Waals surface area contributed by atoms with Gasteiger partial charge in [-0.05, 0) is 54.7 Å². The lowest BCUT2D eigenvalue weighted by atomic mass is 10.0. The number of halogens is 2. The number of amides is 1. The van der Waals surface area contributed by atoms with Crippen LogP contribution in [0.15, 0.2) is 30.5 Å². The molecule has 0 bridgehead atoms. The first-order chi connectivity index (χ1) is 12.5. The Labute approximate surface area is 162 Å². The topological polar surface area (TPSA) is 66.3 Å². The molecule has 0 radical (unpaired) electrons. The summed E-state index contributed by atoms with van der Waals surface area (Å²) in [5.41, 5.74) is 2.61. The van der Waals surface area contributed by atoms with Crippen LogP contribution >= 0.6 is 23.2 Å². The van der Waals surface area contributed by atoms with Gasteiger partial charge in [0.2, 0.25) is 5.91 Å². The molecule has 0 aliphatic heterocycles. The van der Waals surface area contributed by atoms with Gasteiger partial charge < -0.3 is 10.0 Å². The SMILES string of the molecule is CCCN(CC(O)c1cccnn1)C(=O)C1Cc2cc(Cl)c(Cl)cc2C1. The molecule has 26 heavy (non-hydrogen) atoms. The minimum Gasteiger partial charge on any atom is -0.385 e. The maximum atomic E-state index is 13.1. The number of aliphatic hydroxyl groups excluding tert-OH is 1. The van der Waals surface area contributed by atoms with Gasteiger partial charge in [0, 0.05) is 18.7 Å². The normalized spacial score (nSPS) is 14.9. The van der Waals surface area contributed by atoms with Crippen molar-refractivity contribution in [2.45, 2.75) is 32.3 Å². The number of hydrogen-bond donors (Lipinski definition) is 1. The molecule has 1 aliphatic rings. The van der Waals surface area contributed by atoms with Crippen LogP contribution in [-0.4, -0.2) is 39.2 Å². The maximum absolute atomic E-state index is 13.1. The van der Waals surface area contributed by atoms with Gasteiger partial charge >= 0.3 is 0 Å². The third kappa shape index (κ3) is 4.17. The molecule has 1 aromatic heterocycles. The van der Waals surface area contributed by atoms with Crippen LogP contribution in [0.25, 0.3) is 0 Å². The summed E-state index contributed by atoms with van der Waals surface area (Å²) in [7, 11) is 0. The molecule has 1 N–H and O–H groups in total. The number of rotatable bonds is 6. The van der Waals surface area contributed by atoms with Gasteiger partial charge in [0.05, 0.1) is 22.3 Å². The Balaban J connectivity index is 1.71. The lowest BCUT2D eigenvalue weighted by molar-refractivity contribution is -0.136.